The van der Waals surface area contributed by atoms with Crippen molar-refractivity contribution in [2.45, 2.75) is 18.9 Å². The van der Waals surface area contributed by atoms with Gasteiger partial charge in [-0.05, 0) is 25.6 Å². The number of likely N-dealkylation sites (N-methyl/N-ethyl adjacent to an activating group) is 1. The molecule has 0 saturated heterocycles. The molecule has 3 heteroatoms. The third-order valence-corrected chi connectivity index (χ3v) is 1.95. The first kappa shape index (κ1) is 9.29. The molecule has 0 radical (unpaired) electrons. The normalized spacial score (nSPS) is 13.2. The first-order valence-electron chi connectivity index (χ1n) is 4.17. The van der Waals surface area contributed by atoms with E-state index < -0.39 is 0 Å². The molecular formula is C9H15NO2. The molecule has 0 aliphatic rings. The van der Waals surface area contributed by atoms with Gasteiger partial charge in [0.05, 0.1) is 12.9 Å². The Morgan fingerprint density at radius 1 is 1.67 bits per heavy atom. The number of hydrogen-bond acceptors (Lipinski definition) is 3. The summed E-state index contributed by atoms with van der Waals surface area (Å²) in [4.78, 5) is 0. The fourth-order valence-electron chi connectivity index (χ4n) is 1.10. The Morgan fingerprint density at radius 3 is 3.00 bits per heavy atom. The molecule has 0 fully saturated rings. The van der Waals surface area contributed by atoms with E-state index in [2.05, 4.69) is 5.32 Å². The summed E-state index contributed by atoms with van der Waals surface area (Å²) in [5.41, 5.74) is 0. The average molecular weight is 169 g/mol. The van der Waals surface area contributed by atoms with Crippen molar-refractivity contribution in [3.05, 3.63) is 24.2 Å². The van der Waals surface area contributed by atoms with E-state index in [4.69, 9.17) is 9.52 Å². The van der Waals surface area contributed by atoms with Crippen molar-refractivity contribution in [1.82, 2.24) is 5.32 Å². The second-order valence-corrected chi connectivity index (χ2v) is 2.79. The van der Waals surface area contributed by atoms with Crippen molar-refractivity contribution in [3.63, 3.8) is 0 Å². The Hall–Kier alpha value is -0.800. The van der Waals surface area contributed by atoms with Crippen LogP contribution in [0.2, 0.25) is 0 Å². The van der Waals surface area contributed by atoms with Gasteiger partial charge in [0.2, 0.25) is 0 Å². The fraction of sp³-hybridized carbons (Fsp3) is 0.556. The summed E-state index contributed by atoms with van der Waals surface area (Å²) in [6, 6.07) is 4.00. The number of aliphatic hydroxyl groups excluding tert-OH is 1. The minimum absolute atomic E-state index is 0.176. The number of furan rings is 1. The van der Waals surface area contributed by atoms with E-state index in [-0.39, 0.29) is 12.6 Å². The van der Waals surface area contributed by atoms with Gasteiger partial charge >= 0.3 is 0 Å². The number of nitrogens with one attached hydrogen (secondary N) is 1. The molecule has 12 heavy (non-hydrogen) atoms. The highest BCUT2D eigenvalue weighted by molar-refractivity contribution is 4.98. The van der Waals surface area contributed by atoms with Crippen molar-refractivity contribution >= 4 is 0 Å². The van der Waals surface area contributed by atoms with Crippen LogP contribution in [0, 0.1) is 0 Å². The predicted molar refractivity (Wildman–Crippen MR) is 47.0 cm³/mol. The highest BCUT2D eigenvalue weighted by atomic mass is 16.3. The molecule has 0 spiro atoms. The van der Waals surface area contributed by atoms with E-state index in [1.165, 1.54) is 0 Å². The molecule has 0 bridgehead atoms. The summed E-state index contributed by atoms with van der Waals surface area (Å²) in [6.07, 6.45) is 3.45. The maximum absolute atomic E-state index is 8.86. The zero-order valence-electron chi connectivity index (χ0n) is 7.29. The molecule has 0 saturated carbocycles. The molecule has 2 N–H and O–H groups in total. The standard InChI is InChI=1S/C9H15NO2/c1-10-8(7-11)4-5-9-3-2-6-12-9/h2-3,6,8,10-11H,4-5,7H2,1H3. The van der Waals surface area contributed by atoms with Gasteiger partial charge in [0.1, 0.15) is 5.76 Å². The summed E-state index contributed by atoms with van der Waals surface area (Å²) in [5.74, 6) is 0.976. The molecule has 1 aromatic heterocycles. The molecule has 0 amide bonds. The molecule has 0 aliphatic heterocycles. The van der Waals surface area contributed by atoms with Gasteiger partial charge in [-0.15, -0.1) is 0 Å². The molecule has 1 heterocycles. The van der Waals surface area contributed by atoms with Crippen molar-refractivity contribution < 1.29 is 9.52 Å². The number of aryl methyl sites for hydroxylation is 1. The predicted octanol–water partition coefficient (Wildman–Crippen LogP) is 0.792. The summed E-state index contributed by atoms with van der Waals surface area (Å²) >= 11 is 0. The van der Waals surface area contributed by atoms with Gasteiger partial charge in [0, 0.05) is 12.5 Å². The van der Waals surface area contributed by atoms with Gasteiger partial charge in [0.15, 0.2) is 0 Å². The van der Waals surface area contributed by atoms with Crippen LogP contribution in [0.1, 0.15) is 12.2 Å². The van der Waals surface area contributed by atoms with E-state index in [0.29, 0.717) is 0 Å². The maximum atomic E-state index is 8.86. The van der Waals surface area contributed by atoms with Gasteiger partial charge in [-0.3, -0.25) is 0 Å². The monoisotopic (exact) mass is 169 g/mol. The van der Waals surface area contributed by atoms with Crippen molar-refractivity contribution in [2.24, 2.45) is 0 Å². The first-order valence-corrected chi connectivity index (χ1v) is 4.17. The highest BCUT2D eigenvalue weighted by Crippen LogP contribution is 2.05. The van der Waals surface area contributed by atoms with Crippen LogP contribution in [0.4, 0.5) is 0 Å². The Balaban J connectivity index is 2.25. The van der Waals surface area contributed by atoms with Crippen LogP contribution in [0.15, 0.2) is 22.8 Å². The quantitative estimate of drug-likeness (QED) is 0.685. The zero-order valence-corrected chi connectivity index (χ0v) is 7.29. The summed E-state index contributed by atoms with van der Waals surface area (Å²) < 4.78 is 5.16. The topological polar surface area (TPSA) is 45.4 Å². The van der Waals surface area contributed by atoms with Crippen molar-refractivity contribution in [2.75, 3.05) is 13.7 Å². The third-order valence-electron chi connectivity index (χ3n) is 1.95. The molecule has 1 aromatic rings. The number of hydrogen-bond donors (Lipinski definition) is 2. The van der Waals surface area contributed by atoms with Crippen LogP contribution >= 0.6 is 0 Å². The van der Waals surface area contributed by atoms with Gasteiger partial charge < -0.3 is 14.8 Å². The van der Waals surface area contributed by atoms with Crippen LogP contribution < -0.4 is 5.32 Å². The van der Waals surface area contributed by atoms with E-state index in [1.807, 2.05) is 19.2 Å². The second-order valence-electron chi connectivity index (χ2n) is 2.79. The second kappa shape index (κ2) is 4.95. The van der Waals surface area contributed by atoms with Gasteiger partial charge in [0.25, 0.3) is 0 Å². The minimum atomic E-state index is 0.176. The smallest absolute Gasteiger partial charge is 0.103 e. The lowest BCUT2D eigenvalue weighted by Gasteiger charge is -2.10. The average Bonchev–Trinajstić information content (AvgIpc) is 2.59. The fourth-order valence-corrected chi connectivity index (χ4v) is 1.10. The molecule has 3 nitrogen and oxygen atoms in total. The van der Waals surface area contributed by atoms with Crippen LogP contribution in [0.5, 0.6) is 0 Å². The third kappa shape index (κ3) is 2.68. The van der Waals surface area contributed by atoms with Crippen LogP contribution in [0.25, 0.3) is 0 Å². The van der Waals surface area contributed by atoms with E-state index in [1.54, 1.807) is 6.26 Å². The molecular weight excluding hydrogens is 154 g/mol. The molecule has 68 valence electrons. The van der Waals surface area contributed by atoms with Crippen molar-refractivity contribution in [3.8, 4) is 0 Å². The maximum Gasteiger partial charge on any atom is 0.103 e. The van der Waals surface area contributed by atoms with Crippen LogP contribution in [-0.2, 0) is 6.42 Å². The molecule has 1 atom stereocenters. The molecule has 0 aliphatic carbocycles. The Labute approximate surface area is 72.4 Å². The summed E-state index contributed by atoms with van der Waals surface area (Å²) in [6.45, 7) is 0.178. The summed E-state index contributed by atoms with van der Waals surface area (Å²) in [7, 11) is 1.85. The highest BCUT2D eigenvalue weighted by Gasteiger charge is 2.04. The van der Waals surface area contributed by atoms with Crippen molar-refractivity contribution in [1.29, 1.82) is 0 Å². The van der Waals surface area contributed by atoms with Gasteiger partial charge in [-0.2, -0.15) is 0 Å². The van der Waals surface area contributed by atoms with Crippen LogP contribution in [0.3, 0.4) is 0 Å². The summed E-state index contributed by atoms with van der Waals surface area (Å²) in [5, 5.41) is 11.9. The molecule has 1 unspecified atom stereocenters. The minimum Gasteiger partial charge on any atom is -0.469 e. The molecule has 0 aromatic carbocycles. The Morgan fingerprint density at radius 2 is 2.50 bits per heavy atom. The SMILES string of the molecule is CNC(CO)CCc1ccco1. The first-order chi connectivity index (χ1) is 5.86. The number of aliphatic hydroxyl groups is 1. The van der Waals surface area contributed by atoms with E-state index >= 15 is 0 Å². The van der Waals surface area contributed by atoms with Crippen LogP contribution in [-0.4, -0.2) is 24.8 Å². The van der Waals surface area contributed by atoms with Gasteiger partial charge in [-0.25, -0.2) is 0 Å². The van der Waals surface area contributed by atoms with E-state index in [0.717, 1.165) is 18.6 Å². The number of rotatable bonds is 5. The lowest BCUT2D eigenvalue weighted by molar-refractivity contribution is 0.240. The lowest BCUT2D eigenvalue weighted by atomic mass is 10.1. The lowest BCUT2D eigenvalue weighted by Crippen LogP contribution is -2.29. The largest absolute Gasteiger partial charge is 0.469 e. The Bertz CT molecular complexity index is 192. The Kier molecular flexibility index (Phi) is 3.84. The molecule has 1 rings (SSSR count). The van der Waals surface area contributed by atoms with E-state index in [9.17, 15) is 0 Å². The van der Waals surface area contributed by atoms with Gasteiger partial charge in [-0.1, -0.05) is 0 Å². The zero-order chi connectivity index (χ0) is 8.81.